The lowest BCUT2D eigenvalue weighted by Crippen LogP contribution is -2.40. The normalized spacial score (nSPS) is 14.5. The Morgan fingerprint density at radius 1 is 1.06 bits per heavy atom. The molecule has 0 spiro atoms. The van der Waals surface area contributed by atoms with E-state index in [0.29, 0.717) is 24.7 Å². The Balaban J connectivity index is 1.42. The van der Waals surface area contributed by atoms with Crippen LogP contribution in [0, 0.1) is 0 Å². The molecular formula is C26H35N5O3. The van der Waals surface area contributed by atoms with Crippen LogP contribution in [-0.4, -0.2) is 77.9 Å². The number of benzene rings is 1. The predicted octanol–water partition coefficient (Wildman–Crippen LogP) is 3.83. The van der Waals surface area contributed by atoms with Crippen molar-refractivity contribution in [1.82, 2.24) is 24.6 Å². The van der Waals surface area contributed by atoms with Crippen molar-refractivity contribution in [2.24, 2.45) is 0 Å². The van der Waals surface area contributed by atoms with E-state index in [9.17, 15) is 4.79 Å². The molecule has 8 nitrogen and oxygen atoms in total. The van der Waals surface area contributed by atoms with Gasteiger partial charge in [-0.2, -0.15) is 5.10 Å². The van der Waals surface area contributed by atoms with Gasteiger partial charge >= 0.3 is 0 Å². The van der Waals surface area contributed by atoms with Crippen molar-refractivity contribution in [3.8, 4) is 11.5 Å². The number of nitrogens with zero attached hydrogens (tertiary/aromatic N) is 5. The van der Waals surface area contributed by atoms with Crippen LogP contribution in [0.3, 0.4) is 0 Å². The summed E-state index contributed by atoms with van der Waals surface area (Å²) < 4.78 is 12.6. The summed E-state index contributed by atoms with van der Waals surface area (Å²) in [6, 6.07) is 8.23. The molecule has 2 heterocycles. The van der Waals surface area contributed by atoms with Gasteiger partial charge < -0.3 is 19.3 Å². The van der Waals surface area contributed by atoms with Crippen molar-refractivity contribution in [3.63, 3.8) is 0 Å². The summed E-state index contributed by atoms with van der Waals surface area (Å²) in [5.74, 6) is 1.45. The zero-order valence-corrected chi connectivity index (χ0v) is 20.7. The molecule has 0 radical (unpaired) electrons. The Hall–Kier alpha value is -3.13. The maximum absolute atomic E-state index is 13.0. The van der Waals surface area contributed by atoms with Crippen LogP contribution in [0.5, 0.6) is 11.5 Å². The van der Waals surface area contributed by atoms with Crippen molar-refractivity contribution in [1.29, 1.82) is 0 Å². The van der Waals surface area contributed by atoms with Gasteiger partial charge in [0, 0.05) is 49.4 Å². The van der Waals surface area contributed by atoms with Crippen molar-refractivity contribution in [2.75, 3.05) is 41.4 Å². The van der Waals surface area contributed by atoms with Crippen LogP contribution in [0.25, 0.3) is 11.0 Å². The average molecular weight is 466 g/mol. The molecule has 0 N–H and O–H groups in total. The van der Waals surface area contributed by atoms with E-state index in [0.717, 1.165) is 34.6 Å². The highest BCUT2D eigenvalue weighted by Gasteiger charge is 2.20. The van der Waals surface area contributed by atoms with Crippen LogP contribution in [0.2, 0.25) is 0 Å². The fourth-order valence-electron chi connectivity index (χ4n) is 4.68. The number of aromatic nitrogens is 3. The van der Waals surface area contributed by atoms with Gasteiger partial charge in [0.1, 0.15) is 11.5 Å². The number of amides is 1. The van der Waals surface area contributed by atoms with Gasteiger partial charge in [0.2, 0.25) is 0 Å². The molecule has 0 aliphatic heterocycles. The molecule has 1 fully saturated rings. The molecule has 1 aromatic carbocycles. The number of carbonyl (C=O) groups is 1. The summed E-state index contributed by atoms with van der Waals surface area (Å²) in [5, 5.41) is 5.34. The number of hydrogen-bond donors (Lipinski definition) is 0. The molecule has 8 heteroatoms. The minimum Gasteiger partial charge on any atom is -0.497 e. The number of hydrogen-bond acceptors (Lipinski definition) is 6. The summed E-state index contributed by atoms with van der Waals surface area (Å²) in [6.07, 6.45) is 9.91. The quantitative estimate of drug-likeness (QED) is 0.478. The van der Waals surface area contributed by atoms with Crippen LogP contribution in [0.4, 0.5) is 0 Å². The average Bonchev–Trinajstić information content (AvgIpc) is 3.29. The van der Waals surface area contributed by atoms with E-state index in [1.165, 1.54) is 32.1 Å². The van der Waals surface area contributed by atoms with Crippen LogP contribution >= 0.6 is 0 Å². The van der Waals surface area contributed by atoms with Gasteiger partial charge in [0.25, 0.3) is 5.91 Å². The highest BCUT2D eigenvalue weighted by atomic mass is 16.5. The van der Waals surface area contributed by atoms with Crippen molar-refractivity contribution >= 4 is 16.9 Å². The van der Waals surface area contributed by atoms with E-state index in [1.54, 1.807) is 31.5 Å². The molecule has 4 rings (SSSR count). The van der Waals surface area contributed by atoms with Gasteiger partial charge in [0.15, 0.2) is 5.65 Å². The summed E-state index contributed by atoms with van der Waals surface area (Å²) in [4.78, 5) is 21.8. The molecule has 34 heavy (non-hydrogen) atoms. The molecule has 1 amide bonds. The third-order valence-corrected chi connectivity index (χ3v) is 6.87. The summed E-state index contributed by atoms with van der Waals surface area (Å²) in [5.41, 5.74) is 2.28. The van der Waals surface area contributed by atoms with Crippen molar-refractivity contribution < 1.29 is 14.3 Å². The number of likely N-dealkylation sites (N-methyl/N-ethyl adjacent to an activating group) is 2. The van der Waals surface area contributed by atoms with E-state index in [2.05, 4.69) is 22.0 Å². The fourth-order valence-corrected chi connectivity index (χ4v) is 4.68. The van der Waals surface area contributed by atoms with Crippen LogP contribution < -0.4 is 9.47 Å². The maximum Gasteiger partial charge on any atom is 0.255 e. The van der Waals surface area contributed by atoms with Crippen LogP contribution in [0.15, 0.2) is 36.7 Å². The SMILES string of the molecule is COc1ccc(Cn2ncc3cc(C(=O)N(C)CCN(C)C4CCCCC4)cnc32)c(OC)c1. The van der Waals surface area contributed by atoms with E-state index >= 15 is 0 Å². The van der Waals surface area contributed by atoms with Gasteiger partial charge in [-0.25, -0.2) is 9.67 Å². The van der Waals surface area contributed by atoms with Crippen LogP contribution in [0.1, 0.15) is 48.0 Å². The Morgan fingerprint density at radius 3 is 2.59 bits per heavy atom. The van der Waals surface area contributed by atoms with Crippen molar-refractivity contribution in [2.45, 2.75) is 44.7 Å². The molecule has 0 atom stereocenters. The predicted molar refractivity (Wildman–Crippen MR) is 133 cm³/mol. The number of carbonyl (C=O) groups excluding carboxylic acids is 1. The number of ether oxygens (including phenoxy) is 2. The highest BCUT2D eigenvalue weighted by molar-refractivity contribution is 5.96. The van der Waals surface area contributed by atoms with Gasteiger partial charge in [-0.1, -0.05) is 19.3 Å². The fraction of sp³-hybridized carbons (Fsp3) is 0.500. The minimum absolute atomic E-state index is 0.0176. The molecular weight excluding hydrogens is 430 g/mol. The summed E-state index contributed by atoms with van der Waals surface area (Å²) in [7, 11) is 7.30. The van der Waals surface area contributed by atoms with E-state index in [4.69, 9.17) is 9.47 Å². The number of pyridine rings is 1. The van der Waals surface area contributed by atoms with E-state index in [1.807, 2.05) is 36.0 Å². The maximum atomic E-state index is 13.0. The van der Waals surface area contributed by atoms with Gasteiger partial charge in [0.05, 0.1) is 32.5 Å². The second-order valence-electron chi connectivity index (χ2n) is 9.12. The first-order valence-electron chi connectivity index (χ1n) is 12.0. The largest absolute Gasteiger partial charge is 0.497 e. The molecule has 182 valence electrons. The van der Waals surface area contributed by atoms with Crippen LogP contribution in [-0.2, 0) is 6.54 Å². The number of methoxy groups -OCH3 is 2. The lowest BCUT2D eigenvalue weighted by Gasteiger charge is -2.32. The third-order valence-electron chi connectivity index (χ3n) is 6.87. The minimum atomic E-state index is -0.0176. The van der Waals surface area contributed by atoms with Gasteiger partial charge in [-0.15, -0.1) is 0 Å². The molecule has 1 saturated carbocycles. The summed E-state index contributed by atoms with van der Waals surface area (Å²) in [6.45, 7) is 2.08. The third kappa shape index (κ3) is 5.33. The van der Waals surface area contributed by atoms with E-state index in [-0.39, 0.29) is 5.91 Å². The monoisotopic (exact) mass is 465 g/mol. The van der Waals surface area contributed by atoms with Gasteiger partial charge in [-0.05, 0) is 38.1 Å². The molecule has 0 unspecified atom stereocenters. The Bertz CT molecular complexity index is 1120. The lowest BCUT2D eigenvalue weighted by molar-refractivity contribution is 0.0767. The smallest absolute Gasteiger partial charge is 0.255 e. The first-order valence-corrected chi connectivity index (χ1v) is 12.0. The van der Waals surface area contributed by atoms with Gasteiger partial charge in [-0.3, -0.25) is 4.79 Å². The van der Waals surface area contributed by atoms with E-state index < -0.39 is 0 Å². The standard InChI is InChI=1S/C26H35N5O3/c1-29(22-8-6-5-7-9-22)12-13-30(2)26(32)21-14-20-17-28-31(25(20)27-16-21)18-19-10-11-23(33-3)15-24(19)34-4/h10-11,14-17,22H,5-9,12-13,18H2,1-4H3. The molecule has 1 aliphatic carbocycles. The first kappa shape index (κ1) is 24.0. The second kappa shape index (κ2) is 10.9. The molecule has 0 saturated heterocycles. The first-order chi connectivity index (χ1) is 16.5. The molecule has 0 bridgehead atoms. The Morgan fingerprint density at radius 2 is 1.85 bits per heavy atom. The Kier molecular flexibility index (Phi) is 7.67. The number of fused-ring (bicyclic) bond motifs is 1. The lowest BCUT2D eigenvalue weighted by atomic mass is 9.94. The molecule has 1 aliphatic rings. The summed E-state index contributed by atoms with van der Waals surface area (Å²) >= 11 is 0. The zero-order chi connectivity index (χ0) is 24.1. The molecule has 3 aromatic rings. The van der Waals surface area contributed by atoms with Crippen molar-refractivity contribution in [3.05, 3.63) is 47.8 Å². The number of rotatable bonds is 9. The second-order valence-corrected chi connectivity index (χ2v) is 9.12. The molecule has 2 aromatic heterocycles. The Labute approximate surface area is 201 Å². The zero-order valence-electron chi connectivity index (χ0n) is 20.7. The topological polar surface area (TPSA) is 72.7 Å². The highest BCUT2D eigenvalue weighted by Crippen LogP contribution is 2.26.